The smallest absolute Gasteiger partial charge is 0.251 e. The van der Waals surface area contributed by atoms with E-state index in [0.29, 0.717) is 38.2 Å². The van der Waals surface area contributed by atoms with Crippen molar-refractivity contribution in [2.24, 2.45) is 0 Å². The first-order valence-corrected chi connectivity index (χ1v) is 7.04. The molecule has 1 aromatic carbocycles. The number of carbonyl (C=O) groups is 3. The van der Waals surface area contributed by atoms with Gasteiger partial charge in [0.05, 0.1) is 0 Å². The number of hydrogen-bond acceptors (Lipinski definition) is 3. The molecule has 0 aromatic heterocycles. The SMILES string of the molecule is O=C1CCN(C(=O)CCNC(=O)c2ccccc2)CCN1. The van der Waals surface area contributed by atoms with Crippen molar-refractivity contribution in [3.63, 3.8) is 0 Å². The van der Waals surface area contributed by atoms with Crippen LogP contribution >= 0.6 is 0 Å². The summed E-state index contributed by atoms with van der Waals surface area (Å²) in [6.45, 7) is 1.75. The van der Waals surface area contributed by atoms with Crippen LogP contribution in [0.3, 0.4) is 0 Å². The van der Waals surface area contributed by atoms with Gasteiger partial charge in [0.2, 0.25) is 11.8 Å². The summed E-state index contributed by atoms with van der Waals surface area (Å²) in [7, 11) is 0. The molecule has 1 aliphatic rings. The lowest BCUT2D eigenvalue weighted by Gasteiger charge is -2.19. The van der Waals surface area contributed by atoms with E-state index in [-0.39, 0.29) is 24.1 Å². The Morgan fingerprint density at radius 3 is 2.71 bits per heavy atom. The van der Waals surface area contributed by atoms with Crippen LogP contribution in [0.1, 0.15) is 23.2 Å². The summed E-state index contributed by atoms with van der Waals surface area (Å²) < 4.78 is 0. The second-order valence-electron chi connectivity index (χ2n) is 4.85. The van der Waals surface area contributed by atoms with Crippen molar-refractivity contribution in [3.05, 3.63) is 35.9 Å². The van der Waals surface area contributed by atoms with E-state index in [9.17, 15) is 14.4 Å². The van der Waals surface area contributed by atoms with Crippen LogP contribution in [-0.4, -0.2) is 48.8 Å². The van der Waals surface area contributed by atoms with Crippen molar-refractivity contribution >= 4 is 17.7 Å². The van der Waals surface area contributed by atoms with E-state index in [1.807, 2.05) is 6.07 Å². The van der Waals surface area contributed by atoms with Crippen LogP contribution in [0.5, 0.6) is 0 Å². The van der Waals surface area contributed by atoms with Gasteiger partial charge in [-0.1, -0.05) is 18.2 Å². The molecular formula is C15H19N3O3. The predicted octanol–water partition coefficient (Wildman–Crippen LogP) is 0.155. The predicted molar refractivity (Wildman–Crippen MR) is 77.6 cm³/mol. The van der Waals surface area contributed by atoms with Gasteiger partial charge < -0.3 is 15.5 Å². The minimum atomic E-state index is -0.184. The summed E-state index contributed by atoms with van der Waals surface area (Å²) in [6.07, 6.45) is 0.578. The van der Waals surface area contributed by atoms with Crippen molar-refractivity contribution in [2.45, 2.75) is 12.8 Å². The van der Waals surface area contributed by atoms with Crippen LogP contribution in [0.25, 0.3) is 0 Å². The van der Waals surface area contributed by atoms with Crippen LogP contribution in [0.4, 0.5) is 0 Å². The van der Waals surface area contributed by atoms with Gasteiger partial charge >= 0.3 is 0 Å². The molecular weight excluding hydrogens is 270 g/mol. The number of nitrogens with one attached hydrogen (secondary N) is 2. The normalized spacial score (nSPS) is 15.0. The van der Waals surface area contributed by atoms with E-state index >= 15 is 0 Å². The lowest BCUT2D eigenvalue weighted by molar-refractivity contribution is -0.130. The first-order valence-electron chi connectivity index (χ1n) is 7.04. The Hall–Kier alpha value is -2.37. The monoisotopic (exact) mass is 289 g/mol. The van der Waals surface area contributed by atoms with Gasteiger partial charge in [0.25, 0.3) is 5.91 Å². The van der Waals surface area contributed by atoms with E-state index in [4.69, 9.17) is 0 Å². The largest absolute Gasteiger partial charge is 0.354 e. The second kappa shape index (κ2) is 7.42. The highest BCUT2D eigenvalue weighted by atomic mass is 16.2. The Morgan fingerprint density at radius 2 is 1.95 bits per heavy atom. The van der Waals surface area contributed by atoms with Crippen LogP contribution in [0.15, 0.2) is 30.3 Å². The van der Waals surface area contributed by atoms with E-state index < -0.39 is 0 Å². The fourth-order valence-electron chi connectivity index (χ4n) is 2.15. The van der Waals surface area contributed by atoms with Crippen LogP contribution < -0.4 is 10.6 Å². The summed E-state index contributed by atoms with van der Waals surface area (Å²) in [5, 5.41) is 5.45. The third-order valence-electron chi connectivity index (χ3n) is 3.33. The first-order chi connectivity index (χ1) is 10.2. The zero-order valence-electron chi connectivity index (χ0n) is 11.8. The number of nitrogens with zero attached hydrogens (tertiary/aromatic N) is 1. The number of amides is 3. The molecule has 0 aliphatic carbocycles. The number of hydrogen-bond donors (Lipinski definition) is 2. The Morgan fingerprint density at radius 1 is 1.19 bits per heavy atom. The molecule has 2 N–H and O–H groups in total. The number of carbonyl (C=O) groups excluding carboxylic acids is 3. The van der Waals surface area contributed by atoms with Crippen molar-refractivity contribution in [1.82, 2.24) is 15.5 Å². The molecule has 3 amide bonds. The molecule has 6 heteroatoms. The summed E-state index contributed by atoms with van der Waals surface area (Å²) in [5.41, 5.74) is 0.578. The maximum absolute atomic E-state index is 12.0. The third kappa shape index (κ3) is 4.59. The third-order valence-corrected chi connectivity index (χ3v) is 3.33. The van der Waals surface area contributed by atoms with Gasteiger partial charge in [-0.05, 0) is 12.1 Å². The van der Waals surface area contributed by atoms with Gasteiger partial charge in [0.1, 0.15) is 0 Å². The molecule has 0 radical (unpaired) electrons. The van der Waals surface area contributed by atoms with Crippen molar-refractivity contribution < 1.29 is 14.4 Å². The van der Waals surface area contributed by atoms with Gasteiger partial charge in [-0.2, -0.15) is 0 Å². The number of benzene rings is 1. The van der Waals surface area contributed by atoms with Crippen molar-refractivity contribution in [1.29, 1.82) is 0 Å². The van der Waals surface area contributed by atoms with Gasteiger partial charge in [0, 0.05) is 44.6 Å². The summed E-state index contributed by atoms with van der Waals surface area (Å²) in [5.74, 6) is -0.251. The average molecular weight is 289 g/mol. The van der Waals surface area contributed by atoms with E-state index in [0.717, 1.165) is 0 Å². The topological polar surface area (TPSA) is 78.5 Å². The molecule has 0 bridgehead atoms. The molecule has 1 saturated heterocycles. The van der Waals surface area contributed by atoms with Crippen molar-refractivity contribution in [3.8, 4) is 0 Å². The molecule has 112 valence electrons. The lowest BCUT2D eigenvalue weighted by atomic mass is 10.2. The average Bonchev–Trinajstić information content (AvgIpc) is 2.72. The van der Waals surface area contributed by atoms with Gasteiger partial charge in [0.15, 0.2) is 0 Å². The Kier molecular flexibility index (Phi) is 5.31. The zero-order chi connectivity index (χ0) is 15.1. The Bertz CT molecular complexity index is 516. The standard InChI is InChI=1S/C15H19N3O3/c19-13-7-10-18(11-9-16-13)14(20)6-8-17-15(21)12-4-2-1-3-5-12/h1-5H,6-11H2,(H,16,19)(H,17,21). The van der Waals surface area contributed by atoms with E-state index in [1.54, 1.807) is 29.2 Å². The van der Waals surface area contributed by atoms with Crippen molar-refractivity contribution in [2.75, 3.05) is 26.2 Å². The Labute approximate surface area is 123 Å². The van der Waals surface area contributed by atoms with Gasteiger partial charge in [-0.15, -0.1) is 0 Å². The first kappa shape index (κ1) is 15.0. The Balaban J connectivity index is 1.74. The second-order valence-corrected chi connectivity index (χ2v) is 4.85. The molecule has 1 heterocycles. The maximum Gasteiger partial charge on any atom is 0.251 e. The molecule has 2 rings (SSSR count). The number of rotatable bonds is 4. The summed E-state index contributed by atoms with van der Waals surface area (Å²) >= 11 is 0. The molecule has 0 saturated carbocycles. The summed E-state index contributed by atoms with van der Waals surface area (Å²) in [6, 6.07) is 8.88. The van der Waals surface area contributed by atoms with E-state index in [2.05, 4.69) is 10.6 Å². The lowest BCUT2D eigenvalue weighted by Crippen LogP contribution is -2.36. The zero-order valence-corrected chi connectivity index (χ0v) is 11.8. The maximum atomic E-state index is 12.0. The quantitative estimate of drug-likeness (QED) is 0.828. The molecule has 1 fully saturated rings. The molecule has 1 aliphatic heterocycles. The fraction of sp³-hybridized carbons (Fsp3) is 0.400. The highest BCUT2D eigenvalue weighted by Crippen LogP contribution is 2.01. The highest BCUT2D eigenvalue weighted by molar-refractivity contribution is 5.94. The van der Waals surface area contributed by atoms with Crippen LogP contribution in [0.2, 0.25) is 0 Å². The molecule has 0 spiro atoms. The molecule has 1 aromatic rings. The minimum Gasteiger partial charge on any atom is -0.354 e. The molecule has 6 nitrogen and oxygen atoms in total. The van der Waals surface area contributed by atoms with Crippen LogP contribution in [-0.2, 0) is 9.59 Å². The highest BCUT2D eigenvalue weighted by Gasteiger charge is 2.18. The van der Waals surface area contributed by atoms with Gasteiger partial charge in [-0.3, -0.25) is 14.4 Å². The summed E-state index contributed by atoms with van der Waals surface area (Å²) in [4.78, 5) is 36.7. The fourth-order valence-corrected chi connectivity index (χ4v) is 2.15. The van der Waals surface area contributed by atoms with Crippen LogP contribution in [0, 0.1) is 0 Å². The minimum absolute atomic E-state index is 0.0253. The molecule has 0 atom stereocenters. The molecule has 21 heavy (non-hydrogen) atoms. The molecule has 0 unspecified atom stereocenters. The van der Waals surface area contributed by atoms with Gasteiger partial charge in [-0.25, -0.2) is 0 Å². The van der Waals surface area contributed by atoms with E-state index in [1.165, 1.54) is 0 Å².